The van der Waals surface area contributed by atoms with Gasteiger partial charge in [0.2, 0.25) is 0 Å². The SMILES string of the molecule is CC[C@@H]1CN(Cc2cc(C(c3ccc4c(nnn4C)c3C)[C@H](CC)C(=O)O)ccc2C)Cc2ncccc2O1. The van der Waals surface area contributed by atoms with E-state index in [0.717, 1.165) is 58.7 Å². The molecule has 3 atom stereocenters. The summed E-state index contributed by atoms with van der Waals surface area (Å²) in [5, 5.41) is 18.8. The summed E-state index contributed by atoms with van der Waals surface area (Å²) in [5.74, 6) is -0.807. The van der Waals surface area contributed by atoms with Crippen LogP contribution in [-0.2, 0) is 24.9 Å². The smallest absolute Gasteiger partial charge is 0.307 e. The highest BCUT2D eigenvalue weighted by Gasteiger charge is 2.32. The fourth-order valence-electron chi connectivity index (χ4n) is 5.83. The highest BCUT2D eigenvalue weighted by atomic mass is 16.5. The molecule has 4 aromatic rings. The summed E-state index contributed by atoms with van der Waals surface area (Å²) in [6, 6.07) is 14.4. The second-order valence-corrected chi connectivity index (χ2v) is 10.6. The van der Waals surface area contributed by atoms with Crippen LogP contribution in [-0.4, -0.2) is 48.6 Å². The molecule has 0 spiro atoms. The number of rotatable bonds is 8. The lowest BCUT2D eigenvalue weighted by molar-refractivity contribution is -0.142. The van der Waals surface area contributed by atoms with Crippen LogP contribution in [0.2, 0.25) is 0 Å². The molecule has 2 aromatic heterocycles. The topological polar surface area (TPSA) is 93.4 Å². The average molecular weight is 528 g/mol. The van der Waals surface area contributed by atoms with Gasteiger partial charge < -0.3 is 9.84 Å². The molecule has 0 aliphatic carbocycles. The number of pyridine rings is 1. The largest absolute Gasteiger partial charge is 0.487 e. The second kappa shape index (κ2) is 11.1. The van der Waals surface area contributed by atoms with Gasteiger partial charge in [-0.15, -0.1) is 5.10 Å². The van der Waals surface area contributed by atoms with E-state index in [9.17, 15) is 9.90 Å². The first kappa shape index (κ1) is 26.8. The van der Waals surface area contributed by atoms with Gasteiger partial charge in [0.05, 0.1) is 17.1 Å². The van der Waals surface area contributed by atoms with Crippen LogP contribution in [0, 0.1) is 19.8 Å². The first-order valence-corrected chi connectivity index (χ1v) is 13.7. The molecular formula is C31H37N5O3. The van der Waals surface area contributed by atoms with E-state index >= 15 is 0 Å². The van der Waals surface area contributed by atoms with Crippen LogP contribution in [0.5, 0.6) is 5.75 Å². The third kappa shape index (κ3) is 5.26. The van der Waals surface area contributed by atoms with E-state index < -0.39 is 11.9 Å². The van der Waals surface area contributed by atoms with Gasteiger partial charge in [-0.1, -0.05) is 43.3 Å². The Labute approximate surface area is 229 Å². The number of ether oxygens (including phenoxy) is 1. The molecule has 5 rings (SSSR count). The van der Waals surface area contributed by atoms with Crippen molar-refractivity contribution in [2.24, 2.45) is 13.0 Å². The molecule has 0 saturated heterocycles. The summed E-state index contributed by atoms with van der Waals surface area (Å²) in [6.45, 7) is 10.5. The summed E-state index contributed by atoms with van der Waals surface area (Å²) < 4.78 is 8.02. The Morgan fingerprint density at radius 1 is 1.18 bits per heavy atom. The maximum Gasteiger partial charge on any atom is 0.307 e. The van der Waals surface area contributed by atoms with Crippen molar-refractivity contribution in [3.05, 3.63) is 82.2 Å². The number of aliphatic carboxylic acids is 1. The average Bonchev–Trinajstić information content (AvgIpc) is 3.20. The van der Waals surface area contributed by atoms with Crippen LogP contribution < -0.4 is 4.74 Å². The molecule has 0 amide bonds. The van der Waals surface area contributed by atoms with Crippen LogP contribution in [0.25, 0.3) is 11.0 Å². The monoisotopic (exact) mass is 527 g/mol. The Bertz CT molecular complexity index is 1500. The predicted molar refractivity (Wildman–Crippen MR) is 151 cm³/mol. The number of carbonyl (C=O) groups is 1. The summed E-state index contributed by atoms with van der Waals surface area (Å²) in [6.07, 6.45) is 3.33. The number of nitrogens with zero attached hydrogens (tertiary/aromatic N) is 5. The minimum Gasteiger partial charge on any atom is -0.487 e. The Balaban J connectivity index is 1.55. The molecule has 8 heteroatoms. The highest BCUT2D eigenvalue weighted by molar-refractivity contribution is 5.80. The van der Waals surface area contributed by atoms with Gasteiger partial charge in [0.15, 0.2) is 0 Å². The molecule has 0 saturated carbocycles. The number of hydrogen-bond donors (Lipinski definition) is 1. The van der Waals surface area contributed by atoms with Crippen LogP contribution in [0.1, 0.15) is 66.1 Å². The number of aryl methyl sites for hydroxylation is 3. The Kier molecular flexibility index (Phi) is 7.66. The van der Waals surface area contributed by atoms with Crippen LogP contribution in [0.15, 0.2) is 48.7 Å². The van der Waals surface area contributed by atoms with Gasteiger partial charge in [-0.3, -0.25) is 14.7 Å². The van der Waals surface area contributed by atoms with Crippen molar-refractivity contribution >= 4 is 17.0 Å². The van der Waals surface area contributed by atoms with E-state index in [1.165, 1.54) is 11.1 Å². The molecule has 2 aromatic carbocycles. The minimum absolute atomic E-state index is 0.0875. The number of hydrogen-bond acceptors (Lipinski definition) is 6. The van der Waals surface area contributed by atoms with Crippen molar-refractivity contribution in [2.75, 3.05) is 6.54 Å². The molecule has 0 bridgehead atoms. The Morgan fingerprint density at radius 2 is 2.00 bits per heavy atom. The van der Waals surface area contributed by atoms with Crippen molar-refractivity contribution in [1.82, 2.24) is 24.9 Å². The van der Waals surface area contributed by atoms with Gasteiger partial charge in [-0.25, -0.2) is 4.68 Å². The molecule has 39 heavy (non-hydrogen) atoms. The first-order chi connectivity index (χ1) is 18.8. The zero-order valence-corrected chi connectivity index (χ0v) is 23.4. The molecule has 3 heterocycles. The summed E-state index contributed by atoms with van der Waals surface area (Å²) >= 11 is 0. The second-order valence-electron chi connectivity index (χ2n) is 10.6. The number of carboxylic acid groups (broad SMARTS) is 1. The van der Waals surface area contributed by atoms with Gasteiger partial charge in [-0.2, -0.15) is 0 Å². The van der Waals surface area contributed by atoms with Crippen molar-refractivity contribution < 1.29 is 14.6 Å². The molecule has 1 aliphatic rings. The molecule has 0 fully saturated rings. The van der Waals surface area contributed by atoms with Crippen LogP contribution in [0.4, 0.5) is 0 Å². The number of fused-ring (bicyclic) bond motifs is 2. The maximum absolute atomic E-state index is 12.5. The standard InChI is InChI=1S/C31H37N5O3/c1-6-23-17-36(18-26-28(39-23)9-8-14-32-26)16-22-15-21(11-10-19(22)3)29(24(7-2)31(37)38)25-12-13-27-30(20(25)4)33-34-35(27)5/h8-15,23-24,29H,6-7,16-18H2,1-5H3,(H,37,38)/t23-,24+,29?/m1/s1. The minimum atomic E-state index is -0.790. The van der Waals surface area contributed by atoms with Crippen molar-refractivity contribution in [3.8, 4) is 5.75 Å². The summed E-state index contributed by atoms with van der Waals surface area (Å²) in [7, 11) is 1.87. The van der Waals surface area contributed by atoms with Gasteiger partial charge in [0.25, 0.3) is 0 Å². The van der Waals surface area contributed by atoms with Gasteiger partial charge >= 0.3 is 5.97 Å². The molecule has 0 radical (unpaired) electrons. The molecular weight excluding hydrogens is 490 g/mol. The molecule has 8 nitrogen and oxygen atoms in total. The lowest BCUT2D eigenvalue weighted by atomic mass is 9.77. The van der Waals surface area contributed by atoms with E-state index in [2.05, 4.69) is 58.3 Å². The molecule has 204 valence electrons. The van der Waals surface area contributed by atoms with Gasteiger partial charge in [0, 0.05) is 38.8 Å². The van der Waals surface area contributed by atoms with Crippen LogP contribution in [0.3, 0.4) is 0 Å². The van der Waals surface area contributed by atoms with E-state index in [1.54, 1.807) is 4.68 Å². The Morgan fingerprint density at radius 3 is 2.74 bits per heavy atom. The van der Waals surface area contributed by atoms with Crippen LogP contribution >= 0.6 is 0 Å². The maximum atomic E-state index is 12.5. The van der Waals surface area contributed by atoms with Gasteiger partial charge in [-0.05, 0) is 72.7 Å². The summed E-state index contributed by atoms with van der Waals surface area (Å²) in [4.78, 5) is 19.5. The summed E-state index contributed by atoms with van der Waals surface area (Å²) in [5.41, 5.74) is 8.04. The predicted octanol–water partition coefficient (Wildman–Crippen LogP) is 5.40. The fraction of sp³-hybridized carbons (Fsp3) is 0.419. The van der Waals surface area contributed by atoms with Crippen molar-refractivity contribution in [3.63, 3.8) is 0 Å². The number of aromatic nitrogens is 4. The zero-order chi connectivity index (χ0) is 27.7. The normalized spacial score (nSPS) is 17.3. The van der Waals surface area contributed by atoms with Crippen molar-refractivity contribution in [2.45, 2.75) is 65.6 Å². The first-order valence-electron chi connectivity index (χ1n) is 13.7. The van der Waals surface area contributed by atoms with Gasteiger partial charge in [0.1, 0.15) is 17.4 Å². The number of benzene rings is 2. The van der Waals surface area contributed by atoms with E-state index in [0.29, 0.717) is 13.0 Å². The third-order valence-electron chi connectivity index (χ3n) is 8.13. The van der Waals surface area contributed by atoms with E-state index in [1.807, 2.05) is 45.3 Å². The van der Waals surface area contributed by atoms with E-state index in [4.69, 9.17) is 4.74 Å². The lowest BCUT2D eigenvalue weighted by Gasteiger charge is -2.28. The van der Waals surface area contributed by atoms with E-state index in [-0.39, 0.29) is 12.0 Å². The number of carboxylic acids is 1. The molecule has 1 unspecified atom stereocenters. The Hall–Kier alpha value is -3.78. The fourth-order valence-corrected chi connectivity index (χ4v) is 5.83. The molecule has 1 N–H and O–H groups in total. The quantitative estimate of drug-likeness (QED) is 0.328. The molecule has 1 aliphatic heterocycles. The lowest BCUT2D eigenvalue weighted by Crippen LogP contribution is -2.32. The highest BCUT2D eigenvalue weighted by Crippen LogP contribution is 2.39. The third-order valence-corrected chi connectivity index (χ3v) is 8.13. The van der Waals surface area contributed by atoms with Crippen molar-refractivity contribution in [1.29, 1.82) is 0 Å². The zero-order valence-electron chi connectivity index (χ0n) is 23.4.